The highest BCUT2D eigenvalue weighted by molar-refractivity contribution is 6.26. The second kappa shape index (κ2) is 7.20. The molecule has 8 aromatic carbocycles. The van der Waals surface area contributed by atoms with E-state index in [1.165, 1.54) is 98.4 Å². The molecule has 0 radical (unpaired) electrons. The fourth-order valence-electron chi connectivity index (χ4n) is 8.76. The average molecular weight is 535 g/mol. The van der Waals surface area contributed by atoms with Gasteiger partial charge >= 0.3 is 0 Å². The number of hydrogen-bond acceptors (Lipinski definition) is 0. The molecule has 10 rings (SSSR count). The van der Waals surface area contributed by atoms with E-state index in [1.54, 1.807) is 0 Å². The third-order valence-corrected chi connectivity index (χ3v) is 10.9. The van der Waals surface area contributed by atoms with E-state index in [9.17, 15) is 0 Å². The summed E-state index contributed by atoms with van der Waals surface area (Å²) in [5, 5.41) is 13.5. The van der Waals surface area contributed by atoms with E-state index in [0.717, 1.165) is 0 Å². The molecule has 0 nitrogen and oxygen atoms in total. The normalized spacial score (nSPS) is 16.0. The van der Waals surface area contributed by atoms with Gasteiger partial charge in [-0.1, -0.05) is 113 Å². The van der Waals surface area contributed by atoms with Crippen molar-refractivity contribution in [1.29, 1.82) is 0 Å². The molecule has 0 unspecified atom stereocenters. The molecule has 0 bridgehead atoms. The third kappa shape index (κ3) is 2.57. The van der Waals surface area contributed by atoms with Crippen LogP contribution in [0.15, 0.2) is 109 Å². The van der Waals surface area contributed by atoms with Crippen molar-refractivity contribution in [3.63, 3.8) is 0 Å². The molecule has 2 aliphatic rings. The summed E-state index contributed by atoms with van der Waals surface area (Å²) < 4.78 is 0. The minimum Gasteiger partial charge on any atom is -0.0616 e. The number of fused-ring (bicyclic) bond motifs is 10. The second-order valence-electron chi connectivity index (χ2n) is 13.8. The van der Waals surface area contributed by atoms with E-state index < -0.39 is 0 Å². The predicted octanol–water partition coefficient (Wildman–Crippen LogP) is 11.5. The first-order chi connectivity index (χ1) is 20.3. The topological polar surface area (TPSA) is 0 Å². The molecule has 0 heteroatoms. The van der Waals surface area contributed by atoms with Crippen LogP contribution in [-0.4, -0.2) is 0 Å². The van der Waals surface area contributed by atoms with Crippen LogP contribution in [0.25, 0.3) is 76.1 Å². The predicted molar refractivity (Wildman–Crippen MR) is 180 cm³/mol. The molecule has 42 heavy (non-hydrogen) atoms. The van der Waals surface area contributed by atoms with E-state index in [-0.39, 0.29) is 10.8 Å². The lowest BCUT2D eigenvalue weighted by Crippen LogP contribution is -2.18. The van der Waals surface area contributed by atoms with Gasteiger partial charge in [0, 0.05) is 10.8 Å². The highest BCUT2D eigenvalue weighted by Crippen LogP contribution is 2.59. The van der Waals surface area contributed by atoms with Gasteiger partial charge in [0.2, 0.25) is 0 Å². The summed E-state index contributed by atoms with van der Waals surface area (Å²) in [5.41, 5.74) is 11.3. The molecule has 198 valence electrons. The summed E-state index contributed by atoms with van der Waals surface area (Å²) in [6.45, 7) is 9.69. The Hall–Kier alpha value is -4.68. The lowest BCUT2D eigenvalue weighted by molar-refractivity contribution is 0.640. The van der Waals surface area contributed by atoms with Crippen molar-refractivity contribution in [2.24, 2.45) is 0 Å². The molecule has 0 atom stereocenters. The van der Waals surface area contributed by atoms with Gasteiger partial charge in [0.1, 0.15) is 0 Å². The third-order valence-electron chi connectivity index (χ3n) is 10.9. The van der Waals surface area contributed by atoms with Crippen LogP contribution in [0.4, 0.5) is 0 Å². The van der Waals surface area contributed by atoms with Crippen molar-refractivity contribution in [2.75, 3.05) is 0 Å². The highest BCUT2D eigenvalue weighted by atomic mass is 14.5. The zero-order valence-corrected chi connectivity index (χ0v) is 24.4. The van der Waals surface area contributed by atoms with Crippen molar-refractivity contribution in [3.05, 3.63) is 131 Å². The average Bonchev–Trinajstić information content (AvgIpc) is 3.36. The Kier molecular flexibility index (Phi) is 3.93. The fourth-order valence-corrected chi connectivity index (χ4v) is 8.76. The van der Waals surface area contributed by atoms with Crippen LogP contribution in [-0.2, 0) is 10.8 Å². The van der Waals surface area contributed by atoms with Crippen molar-refractivity contribution in [1.82, 2.24) is 0 Å². The van der Waals surface area contributed by atoms with Crippen molar-refractivity contribution in [2.45, 2.75) is 38.5 Å². The monoisotopic (exact) mass is 534 g/mol. The number of hydrogen-bond donors (Lipinski definition) is 0. The van der Waals surface area contributed by atoms with Crippen LogP contribution in [0.5, 0.6) is 0 Å². The van der Waals surface area contributed by atoms with Gasteiger partial charge in [-0.25, -0.2) is 0 Å². The Morgan fingerprint density at radius 1 is 0.357 bits per heavy atom. The first kappa shape index (κ1) is 22.9. The molecule has 0 heterocycles. The van der Waals surface area contributed by atoms with Crippen molar-refractivity contribution in [3.8, 4) is 22.3 Å². The minimum atomic E-state index is -0.0761. The number of benzene rings is 8. The fraction of sp³-hybridized carbons (Fsp3) is 0.143. The van der Waals surface area contributed by atoms with E-state index in [1.807, 2.05) is 0 Å². The molecule has 2 aliphatic carbocycles. The van der Waals surface area contributed by atoms with Crippen LogP contribution in [0.2, 0.25) is 0 Å². The zero-order valence-electron chi connectivity index (χ0n) is 24.4. The molecule has 0 saturated heterocycles. The molecule has 0 N–H and O–H groups in total. The summed E-state index contributed by atoms with van der Waals surface area (Å²) in [4.78, 5) is 0. The van der Waals surface area contributed by atoms with E-state index >= 15 is 0 Å². The van der Waals surface area contributed by atoms with Gasteiger partial charge < -0.3 is 0 Å². The SMILES string of the molecule is CC1(C)c2cc3c(cc2-c2c1ccc1cc4ccccc4cc21)-c1c(cc2ccc4cccc5ccc1c2c45)C3(C)C. The maximum absolute atomic E-state index is 2.57. The minimum absolute atomic E-state index is 0.0611. The largest absolute Gasteiger partial charge is 0.0616 e. The Morgan fingerprint density at radius 3 is 1.71 bits per heavy atom. The van der Waals surface area contributed by atoms with Crippen LogP contribution in [0.3, 0.4) is 0 Å². The molecule has 8 aromatic rings. The van der Waals surface area contributed by atoms with Gasteiger partial charge in [0.05, 0.1) is 0 Å². The molecular formula is C42H30. The first-order valence-corrected chi connectivity index (χ1v) is 15.2. The standard InChI is InChI=1S/C42H30/c1-41(2)33-17-15-27-18-25-8-5-6-9-26(25)19-30(27)40(33)32-21-31-35(22-34(32)41)42(3,4)36-20-28-13-12-23-10-7-11-24-14-16-29(39(31)36)38(28)37(23)24/h5-22H,1-4H3. The van der Waals surface area contributed by atoms with E-state index in [4.69, 9.17) is 0 Å². The van der Waals surface area contributed by atoms with Crippen LogP contribution < -0.4 is 0 Å². The highest BCUT2D eigenvalue weighted by Gasteiger charge is 2.43. The second-order valence-corrected chi connectivity index (χ2v) is 13.8. The Labute approximate surface area is 245 Å². The van der Waals surface area contributed by atoms with Gasteiger partial charge in [-0.3, -0.25) is 0 Å². The molecule has 0 aromatic heterocycles. The van der Waals surface area contributed by atoms with Gasteiger partial charge in [0.15, 0.2) is 0 Å². The quantitative estimate of drug-likeness (QED) is 0.134. The van der Waals surface area contributed by atoms with Gasteiger partial charge in [-0.15, -0.1) is 0 Å². The first-order valence-electron chi connectivity index (χ1n) is 15.2. The maximum atomic E-state index is 2.57. The molecule has 0 saturated carbocycles. The molecule has 0 aliphatic heterocycles. The summed E-state index contributed by atoms with van der Waals surface area (Å²) >= 11 is 0. The summed E-state index contributed by atoms with van der Waals surface area (Å²) in [7, 11) is 0. The lowest BCUT2D eigenvalue weighted by atomic mass is 9.77. The Morgan fingerprint density at radius 2 is 0.952 bits per heavy atom. The van der Waals surface area contributed by atoms with Crippen LogP contribution in [0, 0.1) is 0 Å². The summed E-state index contributed by atoms with van der Waals surface area (Å²) in [5.74, 6) is 0. The lowest BCUT2D eigenvalue weighted by Gasteiger charge is -2.26. The molecule has 0 spiro atoms. The van der Waals surface area contributed by atoms with Gasteiger partial charge in [-0.2, -0.15) is 0 Å². The van der Waals surface area contributed by atoms with E-state index in [0.29, 0.717) is 0 Å². The van der Waals surface area contributed by atoms with Crippen LogP contribution >= 0.6 is 0 Å². The van der Waals surface area contributed by atoms with Crippen molar-refractivity contribution < 1.29 is 0 Å². The molecule has 0 amide bonds. The number of rotatable bonds is 0. The Balaban J connectivity index is 1.34. The summed E-state index contributed by atoms with van der Waals surface area (Å²) in [6, 6.07) is 42.0. The molecule has 0 fully saturated rings. The van der Waals surface area contributed by atoms with Crippen LogP contribution in [0.1, 0.15) is 49.9 Å². The molecular weight excluding hydrogens is 504 g/mol. The van der Waals surface area contributed by atoms with Gasteiger partial charge in [0.25, 0.3) is 0 Å². The van der Waals surface area contributed by atoms with Gasteiger partial charge in [-0.05, 0) is 123 Å². The summed E-state index contributed by atoms with van der Waals surface area (Å²) in [6.07, 6.45) is 0. The van der Waals surface area contributed by atoms with E-state index in [2.05, 4.69) is 137 Å². The van der Waals surface area contributed by atoms with Crippen molar-refractivity contribution >= 4 is 53.9 Å². The maximum Gasteiger partial charge on any atom is 0.0159 e. The smallest absolute Gasteiger partial charge is 0.0159 e. The Bertz CT molecular complexity index is 2490. The zero-order chi connectivity index (χ0) is 28.1.